The second-order valence-corrected chi connectivity index (χ2v) is 12.4. The average molecular weight is 554 g/mol. The summed E-state index contributed by atoms with van der Waals surface area (Å²) in [7, 11) is 0. The molecule has 4 aromatic rings. The molecule has 0 unspecified atom stereocenters. The van der Waals surface area contributed by atoms with E-state index in [1.54, 1.807) is 0 Å². The van der Waals surface area contributed by atoms with Crippen LogP contribution in [0.5, 0.6) is 0 Å². The zero-order valence-corrected chi connectivity index (χ0v) is 25.5. The molecule has 0 aromatic heterocycles. The first kappa shape index (κ1) is 28.0. The highest BCUT2D eigenvalue weighted by Crippen LogP contribution is 2.50. The van der Waals surface area contributed by atoms with Crippen molar-refractivity contribution in [3.05, 3.63) is 126 Å². The molecule has 2 heterocycles. The maximum atomic E-state index is 9.63. The predicted molar refractivity (Wildman–Crippen MR) is 178 cm³/mol. The Morgan fingerprint density at radius 2 is 1.45 bits per heavy atom. The molecule has 0 saturated carbocycles. The van der Waals surface area contributed by atoms with Crippen LogP contribution in [-0.2, 0) is 10.8 Å². The number of hydrogen-bond donors (Lipinski definition) is 1. The van der Waals surface area contributed by atoms with Crippen LogP contribution in [0.3, 0.4) is 0 Å². The van der Waals surface area contributed by atoms with E-state index < -0.39 is 0 Å². The summed E-state index contributed by atoms with van der Waals surface area (Å²) in [4.78, 5) is 2.40. The summed E-state index contributed by atoms with van der Waals surface area (Å²) in [5, 5.41) is 14.8. The maximum Gasteiger partial charge on any atom is 0.210 e. The van der Waals surface area contributed by atoms with Crippen LogP contribution in [0.15, 0.2) is 115 Å². The summed E-state index contributed by atoms with van der Waals surface area (Å²) < 4.78 is 2.39. The Labute approximate surface area is 250 Å². The smallest absolute Gasteiger partial charge is 0.210 e. The predicted octanol–water partition coefficient (Wildman–Crippen LogP) is 8.72. The summed E-state index contributed by atoms with van der Waals surface area (Å²) in [5.74, 6) is 0. The lowest BCUT2D eigenvalue weighted by atomic mass is 9.79. The summed E-state index contributed by atoms with van der Waals surface area (Å²) in [6.07, 6.45) is 11.3. The molecule has 0 saturated heterocycles. The number of aliphatic hydroxyl groups is 1. The average Bonchev–Trinajstić information content (AvgIpc) is 3.35. The van der Waals surface area contributed by atoms with E-state index in [0.29, 0.717) is 0 Å². The second-order valence-electron chi connectivity index (χ2n) is 12.4. The maximum absolute atomic E-state index is 9.63. The summed E-state index contributed by atoms with van der Waals surface area (Å²) in [5.41, 5.74) is 11.1. The van der Waals surface area contributed by atoms with Gasteiger partial charge in [0.25, 0.3) is 0 Å². The molecule has 2 aliphatic heterocycles. The summed E-state index contributed by atoms with van der Waals surface area (Å²) >= 11 is 0. The molecule has 212 valence electrons. The number of hydrogen-bond acceptors (Lipinski definition) is 2. The highest BCUT2D eigenvalue weighted by molar-refractivity contribution is 6.07. The van der Waals surface area contributed by atoms with Gasteiger partial charge in [-0.05, 0) is 79.9 Å². The number of nitrogens with zero attached hydrogens (tertiary/aromatic N) is 2. The van der Waals surface area contributed by atoms with Crippen molar-refractivity contribution in [1.82, 2.24) is 0 Å². The Morgan fingerprint density at radius 1 is 0.786 bits per heavy atom. The van der Waals surface area contributed by atoms with Crippen molar-refractivity contribution >= 4 is 38.6 Å². The molecule has 3 nitrogen and oxygen atoms in total. The minimum atomic E-state index is -0.155. The van der Waals surface area contributed by atoms with E-state index in [-0.39, 0.29) is 17.4 Å². The number of anilines is 1. The van der Waals surface area contributed by atoms with Crippen molar-refractivity contribution in [1.29, 1.82) is 0 Å². The number of rotatable bonds is 7. The molecule has 0 bridgehead atoms. The van der Waals surface area contributed by atoms with Crippen molar-refractivity contribution < 1.29 is 9.68 Å². The standard InChI is InChI=1S/C39H41N2O/c1-6-40-32-24-22-28-16-11-13-18-30(28)36(32)38(2,3)34(40)20-9-7-8-10-21-35-39(4,5)37-31-19-14-12-17-29(31)23-25-33(37)41(35)26-15-27-42/h7-14,16-19,21-25,42H,6,15,26-27H2,1-5H3/q+1/b8-7+,21-10+. The molecule has 4 aromatic carbocycles. The van der Waals surface area contributed by atoms with E-state index in [0.717, 1.165) is 19.5 Å². The molecule has 0 atom stereocenters. The first-order valence-electron chi connectivity index (χ1n) is 15.2. The Kier molecular flexibility index (Phi) is 7.27. The van der Waals surface area contributed by atoms with E-state index in [4.69, 9.17) is 0 Å². The molecule has 3 heteroatoms. The van der Waals surface area contributed by atoms with Crippen molar-refractivity contribution in [2.24, 2.45) is 0 Å². The van der Waals surface area contributed by atoms with Gasteiger partial charge in [-0.1, -0.05) is 78.6 Å². The first-order chi connectivity index (χ1) is 20.3. The molecule has 0 fully saturated rings. The molecule has 0 aliphatic carbocycles. The van der Waals surface area contributed by atoms with Gasteiger partial charge in [-0.15, -0.1) is 0 Å². The van der Waals surface area contributed by atoms with E-state index in [1.807, 2.05) is 6.08 Å². The fourth-order valence-corrected chi connectivity index (χ4v) is 7.20. The SMILES string of the molecule is CCN1C(=C=C/C=C/C=C/C2=[N+](CCCO)c3ccc4ccccc4c3C2(C)C)C(C)(C)c2c1ccc1ccccc21. The normalized spacial score (nSPS) is 17.1. The Bertz CT molecular complexity index is 1840. The third-order valence-corrected chi connectivity index (χ3v) is 9.09. The summed E-state index contributed by atoms with van der Waals surface area (Å²) in [6.45, 7) is 13.3. The molecule has 42 heavy (non-hydrogen) atoms. The molecule has 2 aliphatic rings. The fraction of sp³-hybridized carbons (Fsp3) is 0.282. The van der Waals surface area contributed by atoms with Gasteiger partial charge in [0.15, 0.2) is 12.3 Å². The van der Waals surface area contributed by atoms with Crippen LogP contribution >= 0.6 is 0 Å². The van der Waals surface area contributed by atoms with Crippen molar-refractivity contribution in [2.75, 3.05) is 24.6 Å². The van der Waals surface area contributed by atoms with E-state index >= 15 is 0 Å². The number of likely N-dealkylation sites (N-methyl/N-ethyl adjacent to an activating group) is 1. The van der Waals surface area contributed by atoms with Crippen LogP contribution in [0.25, 0.3) is 21.5 Å². The second kappa shape index (κ2) is 10.9. The zero-order chi connectivity index (χ0) is 29.5. The fourth-order valence-electron chi connectivity index (χ4n) is 7.20. The van der Waals surface area contributed by atoms with Crippen LogP contribution in [0.2, 0.25) is 0 Å². The number of benzene rings is 4. The minimum absolute atomic E-state index is 0.141. The number of allylic oxidation sites excluding steroid dienone is 5. The molecule has 0 amide bonds. The molecular weight excluding hydrogens is 512 g/mol. The number of aliphatic hydroxyl groups excluding tert-OH is 1. The van der Waals surface area contributed by atoms with Gasteiger partial charge in [-0.25, -0.2) is 0 Å². The third-order valence-electron chi connectivity index (χ3n) is 9.09. The third kappa shape index (κ3) is 4.45. The topological polar surface area (TPSA) is 26.5 Å². The van der Waals surface area contributed by atoms with Gasteiger partial charge in [0.2, 0.25) is 5.69 Å². The monoisotopic (exact) mass is 553 g/mol. The van der Waals surface area contributed by atoms with Crippen molar-refractivity contribution in [3.8, 4) is 0 Å². The van der Waals surface area contributed by atoms with Crippen LogP contribution in [0.1, 0.15) is 52.2 Å². The molecule has 1 N–H and O–H groups in total. The zero-order valence-electron chi connectivity index (χ0n) is 25.5. The van der Waals surface area contributed by atoms with Crippen LogP contribution in [0, 0.1) is 0 Å². The van der Waals surface area contributed by atoms with Gasteiger partial charge in [-0.2, -0.15) is 4.58 Å². The van der Waals surface area contributed by atoms with Crippen LogP contribution in [-0.4, -0.2) is 35.1 Å². The number of fused-ring (bicyclic) bond motifs is 6. The van der Waals surface area contributed by atoms with Gasteiger partial charge >= 0.3 is 0 Å². The largest absolute Gasteiger partial charge is 0.396 e. The van der Waals surface area contributed by atoms with Crippen LogP contribution in [0.4, 0.5) is 11.4 Å². The van der Waals surface area contributed by atoms with E-state index in [1.165, 1.54) is 55.5 Å². The molecular formula is C39H41N2O+. The lowest BCUT2D eigenvalue weighted by molar-refractivity contribution is -0.438. The molecule has 0 radical (unpaired) electrons. The minimum Gasteiger partial charge on any atom is -0.396 e. The van der Waals surface area contributed by atoms with E-state index in [2.05, 4.69) is 147 Å². The van der Waals surface area contributed by atoms with Gasteiger partial charge in [-0.3, -0.25) is 0 Å². The van der Waals surface area contributed by atoms with Crippen LogP contribution < -0.4 is 4.90 Å². The van der Waals surface area contributed by atoms with Gasteiger partial charge in [0.05, 0.1) is 11.1 Å². The first-order valence-corrected chi connectivity index (χ1v) is 15.2. The van der Waals surface area contributed by atoms with E-state index in [9.17, 15) is 5.11 Å². The van der Waals surface area contributed by atoms with Gasteiger partial charge < -0.3 is 10.0 Å². The van der Waals surface area contributed by atoms with Crippen molar-refractivity contribution in [3.63, 3.8) is 0 Å². The molecule has 6 rings (SSSR count). The highest BCUT2D eigenvalue weighted by atomic mass is 16.3. The Hall–Kier alpha value is -4.17. The van der Waals surface area contributed by atoms with Crippen molar-refractivity contribution in [2.45, 2.75) is 51.9 Å². The Morgan fingerprint density at radius 3 is 2.14 bits per heavy atom. The highest BCUT2D eigenvalue weighted by Gasteiger charge is 2.45. The molecule has 0 spiro atoms. The Balaban J connectivity index is 1.32. The summed E-state index contributed by atoms with van der Waals surface area (Å²) in [6, 6.07) is 26.3. The van der Waals surface area contributed by atoms with Gasteiger partial charge in [0, 0.05) is 48.4 Å². The lowest BCUT2D eigenvalue weighted by Crippen LogP contribution is -2.28. The van der Waals surface area contributed by atoms with Gasteiger partial charge in [0.1, 0.15) is 0 Å². The quantitative estimate of drug-likeness (QED) is 0.141. The lowest BCUT2D eigenvalue weighted by Gasteiger charge is -2.24.